The highest BCUT2D eigenvalue weighted by molar-refractivity contribution is 6.13. The van der Waals surface area contributed by atoms with Crippen LogP contribution in [0.5, 0.6) is 23.0 Å². The van der Waals surface area contributed by atoms with Gasteiger partial charge in [0.25, 0.3) is 5.91 Å². The summed E-state index contributed by atoms with van der Waals surface area (Å²) in [6, 6.07) is 20.8. The second-order valence-electron chi connectivity index (χ2n) is 8.23. The zero-order valence-electron chi connectivity index (χ0n) is 20.0. The van der Waals surface area contributed by atoms with Crippen molar-refractivity contribution in [2.24, 2.45) is 0 Å². The standard InChI is InChI=1S/C29H23FN2O4/c1-17-7-9-18(10-8-17)32-29(33)21-6-4-5-20-19(21)11-12-25(28(20)30)36-24-13-14-31-23-16-27(35-3)26(34-2)15-22(23)24/h4-16H,1-3H3,(H,32,33). The third-order valence-corrected chi connectivity index (χ3v) is 5.94. The molecule has 1 N–H and O–H groups in total. The van der Waals surface area contributed by atoms with Crippen molar-refractivity contribution in [2.45, 2.75) is 6.92 Å². The highest BCUT2D eigenvalue weighted by Crippen LogP contribution is 2.38. The predicted molar refractivity (Wildman–Crippen MR) is 138 cm³/mol. The second-order valence-corrected chi connectivity index (χ2v) is 8.23. The Hall–Kier alpha value is -4.65. The van der Waals surface area contributed by atoms with Gasteiger partial charge in [-0.05, 0) is 54.8 Å². The zero-order valence-corrected chi connectivity index (χ0v) is 20.0. The number of aromatic nitrogens is 1. The summed E-state index contributed by atoms with van der Waals surface area (Å²) >= 11 is 0. The van der Waals surface area contributed by atoms with Crippen molar-refractivity contribution in [1.29, 1.82) is 0 Å². The molecule has 5 aromatic rings. The SMILES string of the molecule is COc1cc2nccc(Oc3ccc4c(C(=O)Nc5ccc(C)cc5)cccc4c3F)c2cc1OC. The number of rotatable bonds is 6. The minimum atomic E-state index is -0.567. The number of hydrogen-bond donors (Lipinski definition) is 1. The number of ether oxygens (including phenoxy) is 3. The van der Waals surface area contributed by atoms with E-state index in [1.807, 2.05) is 31.2 Å². The number of nitrogens with one attached hydrogen (secondary N) is 1. The maximum Gasteiger partial charge on any atom is 0.256 e. The molecule has 0 aliphatic heterocycles. The molecule has 6 nitrogen and oxygen atoms in total. The number of carbonyl (C=O) groups is 1. The maximum absolute atomic E-state index is 15.6. The van der Waals surface area contributed by atoms with Gasteiger partial charge in [-0.15, -0.1) is 0 Å². The van der Waals surface area contributed by atoms with Crippen molar-refractivity contribution < 1.29 is 23.4 Å². The van der Waals surface area contributed by atoms with Gasteiger partial charge in [0.05, 0.1) is 19.7 Å². The zero-order chi connectivity index (χ0) is 25.2. The molecule has 0 aliphatic carbocycles. The van der Waals surface area contributed by atoms with Crippen LogP contribution in [0.2, 0.25) is 0 Å². The molecule has 0 saturated carbocycles. The number of fused-ring (bicyclic) bond motifs is 2. The second kappa shape index (κ2) is 9.54. The number of anilines is 1. The fraction of sp³-hybridized carbons (Fsp3) is 0.103. The summed E-state index contributed by atoms with van der Waals surface area (Å²) in [6.45, 7) is 1.97. The van der Waals surface area contributed by atoms with E-state index < -0.39 is 5.82 Å². The summed E-state index contributed by atoms with van der Waals surface area (Å²) < 4.78 is 32.4. The minimum absolute atomic E-state index is 0.0286. The molecule has 0 atom stereocenters. The van der Waals surface area contributed by atoms with Crippen molar-refractivity contribution >= 4 is 33.3 Å². The third kappa shape index (κ3) is 4.27. The summed E-state index contributed by atoms with van der Waals surface area (Å²) in [5, 5.41) is 4.27. The lowest BCUT2D eigenvalue weighted by molar-refractivity contribution is 0.102. The molecule has 1 heterocycles. The number of nitrogens with zero attached hydrogens (tertiary/aromatic N) is 1. The number of amides is 1. The van der Waals surface area contributed by atoms with E-state index in [-0.39, 0.29) is 17.0 Å². The molecule has 0 aliphatic rings. The fourth-order valence-corrected chi connectivity index (χ4v) is 4.07. The normalized spacial score (nSPS) is 10.9. The molecule has 0 bridgehead atoms. The van der Waals surface area contributed by atoms with Crippen LogP contribution >= 0.6 is 0 Å². The van der Waals surface area contributed by atoms with Gasteiger partial charge in [0, 0.05) is 34.3 Å². The van der Waals surface area contributed by atoms with Gasteiger partial charge in [-0.3, -0.25) is 9.78 Å². The Labute approximate surface area is 207 Å². The summed E-state index contributed by atoms with van der Waals surface area (Å²) in [6.07, 6.45) is 1.58. The van der Waals surface area contributed by atoms with Gasteiger partial charge in [0.2, 0.25) is 0 Å². The lowest BCUT2D eigenvalue weighted by Gasteiger charge is -2.14. The number of halogens is 1. The van der Waals surface area contributed by atoms with E-state index >= 15 is 4.39 Å². The van der Waals surface area contributed by atoms with Crippen LogP contribution in [0.15, 0.2) is 79.0 Å². The van der Waals surface area contributed by atoms with E-state index in [0.29, 0.717) is 44.8 Å². The Balaban J connectivity index is 1.51. The van der Waals surface area contributed by atoms with E-state index in [1.54, 1.807) is 55.8 Å². The number of methoxy groups -OCH3 is 2. The van der Waals surface area contributed by atoms with Crippen LogP contribution in [0.3, 0.4) is 0 Å². The summed E-state index contributed by atoms with van der Waals surface area (Å²) in [7, 11) is 3.08. The maximum atomic E-state index is 15.6. The summed E-state index contributed by atoms with van der Waals surface area (Å²) in [5.74, 6) is 0.587. The minimum Gasteiger partial charge on any atom is -0.493 e. The Kier molecular flexibility index (Phi) is 6.12. The Bertz CT molecular complexity index is 1600. The molecule has 1 aromatic heterocycles. The molecule has 7 heteroatoms. The van der Waals surface area contributed by atoms with Gasteiger partial charge >= 0.3 is 0 Å². The van der Waals surface area contributed by atoms with Crippen molar-refractivity contribution in [3.8, 4) is 23.0 Å². The molecule has 0 saturated heterocycles. The molecular formula is C29H23FN2O4. The molecule has 4 aromatic carbocycles. The highest BCUT2D eigenvalue weighted by atomic mass is 19.1. The summed E-state index contributed by atoms with van der Waals surface area (Å²) in [4.78, 5) is 17.3. The number of carbonyl (C=O) groups excluding carboxylic acids is 1. The van der Waals surface area contributed by atoms with Crippen LogP contribution < -0.4 is 19.5 Å². The van der Waals surface area contributed by atoms with Gasteiger partial charge in [0.15, 0.2) is 23.1 Å². The first kappa shape index (κ1) is 23.1. The molecule has 180 valence electrons. The molecule has 0 unspecified atom stereocenters. The lowest BCUT2D eigenvalue weighted by atomic mass is 10.0. The molecule has 0 spiro atoms. The van der Waals surface area contributed by atoms with Gasteiger partial charge in [-0.2, -0.15) is 0 Å². The first-order chi connectivity index (χ1) is 17.5. The van der Waals surface area contributed by atoms with Crippen LogP contribution in [-0.4, -0.2) is 25.1 Å². The molecule has 0 fully saturated rings. The Morgan fingerprint density at radius 3 is 2.31 bits per heavy atom. The molecular weight excluding hydrogens is 459 g/mol. The number of aryl methyl sites for hydroxylation is 1. The topological polar surface area (TPSA) is 69.7 Å². The van der Waals surface area contributed by atoms with Gasteiger partial charge in [0.1, 0.15) is 5.75 Å². The van der Waals surface area contributed by atoms with Crippen molar-refractivity contribution in [2.75, 3.05) is 19.5 Å². The van der Waals surface area contributed by atoms with Crippen molar-refractivity contribution in [3.63, 3.8) is 0 Å². The largest absolute Gasteiger partial charge is 0.493 e. The summed E-state index contributed by atoms with van der Waals surface area (Å²) in [5.41, 5.74) is 2.73. The third-order valence-electron chi connectivity index (χ3n) is 5.94. The van der Waals surface area contributed by atoms with Crippen LogP contribution in [-0.2, 0) is 0 Å². The number of pyridine rings is 1. The van der Waals surface area contributed by atoms with E-state index in [0.717, 1.165) is 5.56 Å². The quantitative estimate of drug-likeness (QED) is 0.285. The first-order valence-corrected chi connectivity index (χ1v) is 11.3. The van der Waals surface area contributed by atoms with Crippen molar-refractivity contribution in [3.05, 3.63) is 95.9 Å². The van der Waals surface area contributed by atoms with Gasteiger partial charge in [-0.1, -0.05) is 29.8 Å². The van der Waals surface area contributed by atoms with Gasteiger partial charge in [-0.25, -0.2) is 4.39 Å². The van der Waals surface area contributed by atoms with E-state index in [4.69, 9.17) is 14.2 Å². The fourth-order valence-electron chi connectivity index (χ4n) is 4.07. The smallest absolute Gasteiger partial charge is 0.256 e. The molecule has 0 radical (unpaired) electrons. The lowest BCUT2D eigenvalue weighted by Crippen LogP contribution is -2.12. The van der Waals surface area contributed by atoms with Crippen LogP contribution in [0, 0.1) is 12.7 Å². The number of benzene rings is 4. The Morgan fingerprint density at radius 2 is 1.56 bits per heavy atom. The molecule has 5 rings (SSSR count). The Morgan fingerprint density at radius 1 is 0.806 bits per heavy atom. The van der Waals surface area contributed by atoms with Crippen LogP contribution in [0.25, 0.3) is 21.7 Å². The van der Waals surface area contributed by atoms with Gasteiger partial charge < -0.3 is 19.5 Å². The molecule has 1 amide bonds. The predicted octanol–water partition coefficient (Wildman–Crippen LogP) is 6.90. The number of hydrogen-bond acceptors (Lipinski definition) is 5. The van der Waals surface area contributed by atoms with E-state index in [1.165, 1.54) is 13.2 Å². The average molecular weight is 483 g/mol. The van der Waals surface area contributed by atoms with E-state index in [9.17, 15) is 4.79 Å². The molecule has 36 heavy (non-hydrogen) atoms. The van der Waals surface area contributed by atoms with Crippen molar-refractivity contribution in [1.82, 2.24) is 4.98 Å². The van der Waals surface area contributed by atoms with Crippen LogP contribution in [0.1, 0.15) is 15.9 Å². The van der Waals surface area contributed by atoms with Crippen LogP contribution in [0.4, 0.5) is 10.1 Å². The first-order valence-electron chi connectivity index (χ1n) is 11.3. The highest BCUT2D eigenvalue weighted by Gasteiger charge is 2.17. The van der Waals surface area contributed by atoms with E-state index in [2.05, 4.69) is 10.3 Å². The monoisotopic (exact) mass is 482 g/mol. The average Bonchev–Trinajstić information content (AvgIpc) is 2.90.